The molecule has 0 aliphatic rings. The summed E-state index contributed by atoms with van der Waals surface area (Å²) in [5, 5.41) is 0. The Morgan fingerprint density at radius 1 is 0.293 bits per heavy atom. The molecule has 0 atom stereocenters. The van der Waals surface area contributed by atoms with E-state index in [1.54, 1.807) is 0 Å². The summed E-state index contributed by atoms with van der Waals surface area (Å²) in [7, 11) is 0. The minimum Gasteiger partial charge on any atom is -0.299 e. The van der Waals surface area contributed by atoms with Crippen LogP contribution in [-0.4, -0.2) is 28.7 Å². The number of para-hydroxylation sites is 3. The molecule has 3 heterocycles. The molecule has 7 heteroatoms. The number of hydrogen-bond acceptors (Lipinski definition) is 3. The molecular weight excluding hydrogens is 889 g/mol. The van der Waals surface area contributed by atoms with Crippen molar-refractivity contribution in [3.63, 3.8) is 0 Å². The molecular formula is C51H48IrN6+3. The van der Waals surface area contributed by atoms with Crippen molar-refractivity contribution < 1.29 is 20.1 Å². The van der Waals surface area contributed by atoms with Crippen LogP contribution in [0.2, 0.25) is 0 Å². The number of benzene rings is 6. The molecule has 0 amide bonds. The van der Waals surface area contributed by atoms with Crippen LogP contribution in [0.25, 0.3) is 51.2 Å². The largest absolute Gasteiger partial charge is 3.00 e. The van der Waals surface area contributed by atoms with Crippen LogP contribution in [0.5, 0.6) is 0 Å². The molecule has 288 valence electrons. The number of rotatable bonds is 6. The summed E-state index contributed by atoms with van der Waals surface area (Å²) in [6.07, 6.45) is 11.6. The number of hydrogen-bond donors (Lipinski definition) is 0. The number of aryl methyl sites for hydroxylation is 6. The summed E-state index contributed by atoms with van der Waals surface area (Å²) >= 11 is 0. The molecule has 0 aliphatic heterocycles. The van der Waals surface area contributed by atoms with Gasteiger partial charge in [0.2, 0.25) is 0 Å². The molecule has 58 heavy (non-hydrogen) atoms. The van der Waals surface area contributed by atoms with E-state index in [9.17, 15) is 0 Å². The van der Waals surface area contributed by atoms with E-state index in [4.69, 9.17) is 0 Å². The van der Waals surface area contributed by atoms with Gasteiger partial charge in [0.25, 0.3) is 0 Å². The maximum Gasteiger partial charge on any atom is 3.00 e. The Morgan fingerprint density at radius 2 is 0.517 bits per heavy atom. The van der Waals surface area contributed by atoms with Gasteiger partial charge < -0.3 is 0 Å². The summed E-state index contributed by atoms with van der Waals surface area (Å²) < 4.78 is 6.50. The predicted molar refractivity (Wildman–Crippen MR) is 235 cm³/mol. The van der Waals surface area contributed by atoms with E-state index >= 15 is 0 Å². The molecule has 9 aromatic rings. The molecule has 6 nitrogen and oxygen atoms in total. The van der Waals surface area contributed by atoms with Gasteiger partial charge in [-0.05, 0) is 74.9 Å². The Balaban J connectivity index is 0.000000145. The molecule has 0 unspecified atom stereocenters. The second-order valence-electron chi connectivity index (χ2n) is 14.2. The molecule has 0 N–H and O–H groups in total. The Morgan fingerprint density at radius 3 is 0.741 bits per heavy atom. The van der Waals surface area contributed by atoms with Gasteiger partial charge in [0, 0.05) is 53.9 Å². The molecule has 0 radical (unpaired) electrons. The standard InChI is InChI=1S/3C17H16N2.Ir/c3*1-13-7-6-8-14(2)16(13)19-12-11-18-17(19)15-9-4-3-5-10-15;/h3*3-12H,1-2H3;/q;;;+3. The molecule has 0 saturated heterocycles. The van der Waals surface area contributed by atoms with E-state index in [0.29, 0.717) is 0 Å². The van der Waals surface area contributed by atoms with E-state index < -0.39 is 0 Å². The maximum absolute atomic E-state index is 4.51. The van der Waals surface area contributed by atoms with Crippen LogP contribution in [0.4, 0.5) is 0 Å². The van der Waals surface area contributed by atoms with E-state index in [-0.39, 0.29) is 20.1 Å². The third kappa shape index (κ3) is 9.08. The Bertz CT molecular complexity index is 2330. The van der Waals surface area contributed by atoms with Crippen molar-refractivity contribution >= 4 is 0 Å². The third-order valence-electron chi connectivity index (χ3n) is 10.1. The fraction of sp³-hybridized carbons (Fsp3) is 0.118. The Kier molecular flexibility index (Phi) is 13.6. The van der Waals surface area contributed by atoms with Gasteiger partial charge in [0.1, 0.15) is 17.5 Å². The second kappa shape index (κ2) is 19.2. The summed E-state index contributed by atoms with van der Waals surface area (Å²) in [6.45, 7) is 12.8. The predicted octanol–water partition coefficient (Wildman–Crippen LogP) is 12.5. The smallest absolute Gasteiger partial charge is 0.299 e. The zero-order chi connectivity index (χ0) is 39.7. The van der Waals surface area contributed by atoms with Crippen LogP contribution in [-0.2, 0) is 20.1 Å². The van der Waals surface area contributed by atoms with Gasteiger partial charge in [0.15, 0.2) is 0 Å². The average Bonchev–Trinajstić information content (AvgIpc) is 4.02. The van der Waals surface area contributed by atoms with Crippen LogP contribution in [0, 0.1) is 41.5 Å². The van der Waals surface area contributed by atoms with Crippen LogP contribution in [0.3, 0.4) is 0 Å². The van der Waals surface area contributed by atoms with Crippen molar-refractivity contribution in [3.05, 3.63) is 216 Å². The quantitative estimate of drug-likeness (QED) is 0.167. The van der Waals surface area contributed by atoms with Crippen molar-refractivity contribution in [1.29, 1.82) is 0 Å². The number of imidazole rings is 3. The summed E-state index contributed by atoms with van der Waals surface area (Å²) in [4.78, 5) is 13.5. The summed E-state index contributed by atoms with van der Waals surface area (Å²) in [6, 6.07) is 49.9. The average molecular weight is 937 g/mol. The van der Waals surface area contributed by atoms with Crippen molar-refractivity contribution in [2.75, 3.05) is 0 Å². The molecule has 0 bridgehead atoms. The van der Waals surface area contributed by atoms with Crippen molar-refractivity contribution in [3.8, 4) is 51.2 Å². The van der Waals surface area contributed by atoms with Crippen LogP contribution in [0.15, 0.2) is 183 Å². The topological polar surface area (TPSA) is 53.5 Å². The van der Waals surface area contributed by atoms with Gasteiger partial charge in [0.05, 0.1) is 17.1 Å². The van der Waals surface area contributed by atoms with Crippen molar-refractivity contribution in [2.24, 2.45) is 0 Å². The second-order valence-corrected chi connectivity index (χ2v) is 14.2. The first kappa shape index (κ1) is 41.2. The van der Waals surface area contributed by atoms with E-state index in [1.165, 1.54) is 50.4 Å². The maximum atomic E-state index is 4.51. The first-order valence-corrected chi connectivity index (χ1v) is 19.3. The van der Waals surface area contributed by atoms with Crippen molar-refractivity contribution in [2.45, 2.75) is 41.5 Å². The normalized spacial score (nSPS) is 10.4. The van der Waals surface area contributed by atoms with E-state index in [0.717, 1.165) is 34.2 Å². The van der Waals surface area contributed by atoms with Gasteiger partial charge in [-0.15, -0.1) is 0 Å². The minimum absolute atomic E-state index is 0. The number of aromatic nitrogens is 6. The molecule has 0 fully saturated rings. The van der Waals surface area contributed by atoms with Crippen molar-refractivity contribution in [1.82, 2.24) is 28.7 Å². The van der Waals surface area contributed by atoms with E-state index in [2.05, 4.69) is 161 Å². The summed E-state index contributed by atoms with van der Waals surface area (Å²) in [5.74, 6) is 2.95. The molecule has 0 spiro atoms. The molecule has 0 saturated carbocycles. The fourth-order valence-electron chi connectivity index (χ4n) is 7.41. The van der Waals surface area contributed by atoms with Crippen LogP contribution < -0.4 is 0 Å². The van der Waals surface area contributed by atoms with Gasteiger partial charge in [-0.2, -0.15) is 0 Å². The van der Waals surface area contributed by atoms with Gasteiger partial charge >= 0.3 is 20.1 Å². The SMILES string of the molecule is Cc1cccc(C)c1-n1ccnc1-c1ccccc1.Cc1cccc(C)c1-n1ccnc1-c1ccccc1.Cc1cccc(C)c1-n1ccnc1-c1ccccc1.[Ir+3]. The van der Waals surface area contributed by atoms with Gasteiger partial charge in [-0.3, -0.25) is 13.7 Å². The first-order valence-electron chi connectivity index (χ1n) is 19.3. The monoisotopic (exact) mass is 937 g/mol. The minimum atomic E-state index is 0. The first-order chi connectivity index (χ1) is 27.8. The molecule has 9 rings (SSSR count). The van der Waals surface area contributed by atoms with Crippen LogP contribution in [0.1, 0.15) is 33.4 Å². The molecule has 0 aliphatic carbocycles. The Labute approximate surface area is 355 Å². The van der Waals surface area contributed by atoms with Gasteiger partial charge in [-0.25, -0.2) is 15.0 Å². The third-order valence-corrected chi connectivity index (χ3v) is 10.1. The Hall–Kier alpha value is -6.40. The zero-order valence-corrected chi connectivity index (χ0v) is 36.2. The van der Waals surface area contributed by atoms with Crippen LogP contribution >= 0.6 is 0 Å². The molecule has 6 aromatic carbocycles. The summed E-state index contributed by atoms with van der Waals surface area (Å²) in [5.41, 5.74) is 14.6. The van der Waals surface area contributed by atoms with E-state index in [1.807, 2.05) is 91.8 Å². The number of nitrogens with zero attached hydrogens (tertiary/aromatic N) is 6. The molecule has 3 aromatic heterocycles. The van der Waals surface area contributed by atoms with Gasteiger partial charge in [-0.1, -0.05) is 146 Å². The fourth-order valence-corrected chi connectivity index (χ4v) is 7.41. The zero-order valence-electron chi connectivity index (χ0n) is 33.8.